The van der Waals surface area contributed by atoms with Crippen molar-refractivity contribution in [3.8, 4) is 0 Å². The average molecular weight is 161 g/mol. The zero-order chi connectivity index (χ0) is 8.69. The lowest BCUT2D eigenvalue weighted by atomic mass is 10.3. The molecule has 0 saturated heterocycles. The highest BCUT2D eigenvalue weighted by Gasteiger charge is 2.01. The minimum atomic E-state index is -0.558. The summed E-state index contributed by atoms with van der Waals surface area (Å²) in [6, 6.07) is -0.306. The number of hydrogen-bond donors (Lipinski definition) is 1. The maximum Gasteiger partial charge on any atom is 0.117 e. The minimum absolute atomic E-state index is 0.294. The van der Waals surface area contributed by atoms with Gasteiger partial charge in [-0.05, 0) is 20.0 Å². The summed E-state index contributed by atoms with van der Waals surface area (Å²) >= 11 is 0. The lowest BCUT2D eigenvalue weighted by molar-refractivity contribution is 0.515. The van der Waals surface area contributed by atoms with Crippen LogP contribution in [0.25, 0.3) is 0 Å². The Morgan fingerprint density at radius 1 is 1.64 bits per heavy atom. The van der Waals surface area contributed by atoms with Crippen molar-refractivity contribution in [1.82, 2.24) is 5.32 Å². The van der Waals surface area contributed by atoms with Crippen molar-refractivity contribution in [3.05, 3.63) is 24.1 Å². The molecule has 1 unspecified atom stereocenters. The molecule has 11 heavy (non-hydrogen) atoms. The van der Waals surface area contributed by atoms with E-state index in [-0.39, 0.29) is 11.9 Å². The van der Waals surface area contributed by atoms with Gasteiger partial charge < -0.3 is 5.32 Å². The monoisotopic (exact) mass is 161 g/mol. The van der Waals surface area contributed by atoms with Crippen molar-refractivity contribution < 1.29 is 8.78 Å². The summed E-state index contributed by atoms with van der Waals surface area (Å²) in [5.41, 5.74) is 0. The van der Waals surface area contributed by atoms with Gasteiger partial charge in [-0.3, -0.25) is 0 Å². The Morgan fingerprint density at radius 3 is 2.73 bits per heavy atom. The maximum atomic E-state index is 12.7. The number of alkyl halides is 1. The van der Waals surface area contributed by atoms with Gasteiger partial charge in [0, 0.05) is 0 Å². The van der Waals surface area contributed by atoms with E-state index in [0.717, 1.165) is 0 Å². The van der Waals surface area contributed by atoms with Crippen LogP contribution >= 0.6 is 0 Å². The molecule has 0 aromatic heterocycles. The van der Waals surface area contributed by atoms with Gasteiger partial charge >= 0.3 is 0 Å². The van der Waals surface area contributed by atoms with E-state index in [1.54, 1.807) is 14.0 Å². The molecule has 0 bridgehead atoms. The van der Waals surface area contributed by atoms with Crippen LogP contribution in [0.5, 0.6) is 0 Å². The van der Waals surface area contributed by atoms with Crippen LogP contribution in [0, 0.1) is 0 Å². The first-order valence-corrected chi connectivity index (χ1v) is 3.47. The number of allylic oxidation sites excluding steroid dienone is 3. The largest absolute Gasteiger partial charge is 0.311 e. The Labute approximate surface area is 65.8 Å². The van der Waals surface area contributed by atoms with Gasteiger partial charge in [0.05, 0.1) is 6.04 Å². The molecule has 0 radical (unpaired) electrons. The van der Waals surface area contributed by atoms with Crippen LogP contribution in [0.15, 0.2) is 24.1 Å². The van der Waals surface area contributed by atoms with Crippen molar-refractivity contribution in [3.63, 3.8) is 0 Å². The molecule has 0 aliphatic rings. The van der Waals surface area contributed by atoms with Gasteiger partial charge in [-0.1, -0.05) is 12.2 Å². The van der Waals surface area contributed by atoms with Crippen LogP contribution in [-0.2, 0) is 0 Å². The number of nitrogens with one attached hydrogen (secondary N) is 1. The van der Waals surface area contributed by atoms with Crippen molar-refractivity contribution in [2.45, 2.75) is 13.0 Å². The molecule has 1 N–H and O–H groups in total. The molecule has 0 amide bonds. The molecule has 1 atom stereocenters. The van der Waals surface area contributed by atoms with E-state index >= 15 is 0 Å². The Morgan fingerprint density at radius 2 is 2.27 bits per heavy atom. The SMILES string of the molecule is CNC(C)/C(F)=C\C=C/CF. The van der Waals surface area contributed by atoms with Crippen molar-refractivity contribution >= 4 is 0 Å². The van der Waals surface area contributed by atoms with E-state index in [2.05, 4.69) is 5.32 Å². The summed E-state index contributed by atoms with van der Waals surface area (Å²) in [7, 11) is 1.66. The third kappa shape index (κ3) is 4.67. The second-order valence-corrected chi connectivity index (χ2v) is 2.14. The van der Waals surface area contributed by atoms with Crippen molar-refractivity contribution in [1.29, 1.82) is 0 Å². The summed E-state index contributed by atoms with van der Waals surface area (Å²) in [4.78, 5) is 0. The van der Waals surface area contributed by atoms with E-state index in [1.807, 2.05) is 0 Å². The fourth-order valence-corrected chi connectivity index (χ4v) is 0.494. The molecule has 0 aromatic rings. The topological polar surface area (TPSA) is 12.0 Å². The van der Waals surface area contributed by atoms with Gasteiger partial charge in [0.1, 0.15) is 12.5 Å². The van der Waals surface area contributed by atoms with E-state index in [9.17, 15) is 8.78 Å². The second kappa shape index (κ2) is 6.04. The molecule has 0 aliphatic heterocycles. The van der Waals surface area contributed by atoms with E-state index in [4.69, 9.17) is 0 Å². The number of hydrogen-bond acceptors (Lipinski definition) is 1. The predicted octanol–water partition coefficient (Wildman–Crippen LogP) is 1.97. The van der Waals surface area contributed by atoms with Gasteiger partial charge in [-0.2, -0.15) is 0 Å². The third-order valence-electron chi connectivity index (χ3n) is 1.33. The zero-order valence-corrected chi connectivity index (χ0v) is 6.77. The van der Waals surface area contributed by atoms with Gasteiger partial charge in [-0.25, -0.2) is 8.78 Å². The van der Waals surface area contributed by atoms with Gasteiger partial charge in [0.25, 0.3) is 0 Å². The molecule has 0 aliphatic carbocycles. The third-order valence-corrected chi connectivity index (χ3v) is 1.33. The fraction of sp³-hybridized carbons (Fsp3) is 0.500. The summed E-state index contributed by atoms with van der Waals surface area (Å²) < 4.78 is 24.2. The lowest BCUT2D eigenvalue weighted by Crippen LogP contribution is -2.21. The molecule has 0 rings (SSSR count). The number of rotatable bonds is 4. The Kier molecular flexibility index (Phi) is 5.65. The normalized spacial score (nSPS) is 15.8. The van der Waals surface area contributed by atoms with Crippen molar-refractivity contribution in [2.75, 3.05) is 13.7 Å². The highest BCUT2D eigenvalue weighted by molar-refractivity contribution is 5.10. The predicted molar refractivity (Wildman–Crippen MR) is 42.8 cm³/mol. The van der Waals surface area contributed by atoms with Gasteiger partial charge in [0.15, 0.2) is 0 Å². The summed E-state index contributed by atoms with van der Waals surface area (Å²) in [5, 5.41) is 2.72. The summed E-state index contributed by atoms with van der Waals surface area (Å²) in [6.07, 6.45) is 3.87. The smallest absolute Gasteiger partial charge is 0.117 e. The summed E-state index contributed by atoms with van der Waals surface area (Å²) in [6.45, 7) is 1.13. The van der Waals surface area contributed by atoms with E-state index in [1.165, 1.54) is 18.2 Å². The minimum Gasteiger partial charge on any atom is -0.311 e. The lowest BCUT2D eigenvalue weighted by Gasteiger charge is -2.04. The Hall–Kier alpha value is -0.700. The summed E-state index contributed by atoms with van der Waals surface area (Å²) in [5.74, 6) is -0.294. The number of halogens is 2. The second-order valence-electron chi connectivity index (χ2n) is 2.14. The van der Waals surface area contributed by atoms with Crippen LogP contribution in [0.3, 0.4) is 0 Å². The first-order valence-electron chi connectivity index (χ1n) is 3.47. The molecule has 1 nitrogen and oxygen atoms in total. The average Bonchev–Trinajstić information content (AvgIpc) is 2.03. The van der Waals surface area contributed by atoms with E-state index in [0.29, 0.717) is 0 Å². The van der Waals surface area contributed by atoms with Crippen LogP contribution in [0.2, 0.25) is 0 Å². The maximum absolute atomic E-state index is 12.7. The molecule has 0 spiro atoms. The highest BCUT2D eigenvalue weighted by Crippen LogP contribution is 2.02. The molecule has 3 heteroatoms. The Balaban J connectivity index is 3.89. The molecule has 0 heterocycles. The Bertz CT molecular complexity index is 152. The first kappa shape index (κ1) is 10.3. The van der Waals surface area contributed by atoms with Gasteiger partial charge in [-0.15, -0.1) is 0 Å². The van der Waals surface area contributed by atoms with Crippen LogP contribution < -0.4 is 5.32 Å². The molecule has 64 valence electrons. The molecule has 0 fully saturated rings. The van der Waals surface area contributed by atoms with Crippen molar-refractivity contribution in [2.24, 2.45) is 0 Å². The zero-order valence-electron chi connectivity index (χ0n) is 6.77. The first-order chi connectivity index (χ1) is 5.22. The molecular weight excluding hydrogens is 148 g/mol. The molecule has 0 aromatic carbocycles. The molecular formula is C8H13F2N. The van der Waals surface area contributed by atoms with Crippen LogP contribution in [0.1, 0.15) is 6.92 Å². The standard InChI is InChI=1S/C8H13F2N/c1-7(11-2)8(10)5-3-4-6-9/h3-5,7,11H,6H2,1-2H3/b4-3-,8-5+. The van der Waals surface area contributed by atoms with Gasteiger partial charge in [0.2, 0.25) is 0 Å². The number of likely N-dealkylation sites (N-methyl/N-ethyl adjacent to an activating group) is 1. The quantitative estimate of drug-likeness (QED) is 0.621. The highest BCUT2D eigenvalue weighted by atomic mass is 19.1. The van der Waals surface area contributed by atoms with E-state index < -0.39 is 6.67 Å². The fourth-order valence-electron chi connectivity index (χ4n) is 0.494. The molecule has 0 saturated carbocycles. The van der Waals surface area contributed by atoms with Crippen LogP contribution in [0.4, 0.5) is 8.78 Å². The van der Waals surface area contributed by atoms with Crippen LogP contribution in [-0.4, -0.2) is 19.8 Å².